The van der Waals surface area contributed by atoms with Crippen LogP contribution in [-0.4, -0.2) is 43.9 Å². The zero-order chi connectivity index (χ0) is 25.1. The van der Waals surface area contributed by atoms with E-state index in [1.54, 1.807) is 12.1 Å². The minimum atomic E-state index is -4.27. The van der Waals surface area contributed by atoms with Gasteiger partial charge in [0.05, 0.1) is 34.5 Å². The van der Waals surface area contributed by atoms with Crippen molar-refractivity contribution < 1.29 is 83.4 Å². The van der Waals surface area contributed by atoms with Crippen LogP contribution in [0.25, 0.3) is 0 Å². The Morgan fingerprint density at radius 1 is 0.686 bits per heavy atom. The van der Waals surface area contributed by atoms with Crippen LogP contribution in [0.5, 0.6) is 0 Å². The summed E-state index contributed by atoms with van der Waals surface area (Å²) in [7, 11) is -4.27. The van der Waals surface area contributed by atoms with Crippen LogP contribution >= 0.6 is 0 Å². The summed E-state index contributed by atoms with van der Waals surface area (Å²) in [5, 5.41) is 0. The van der Waals surface area contributed by atoms with Gasteiger partial charge in [-0.2, -0.15) is 0 Å². The van der Waals surface area contributed by atoms with Crippen molar-refractivity contribution in [1.82, 2.24) is 0 Å². The maximum Gasteiger partial charge on any atom is 1.00 e. The standard InChI is InChI=1S/C26H42O7S.K/c1-2-3-4-5-6-7-8-9-10-11-12-15-20-32-25(27)23-18-13-14-19-24(23)26(28)33-21-16-17-22-34(29,30)31;/h13-14,18-19H,2-12,15-17,20-22H2,1H3,(H,29,30,31);/q;+1/p-1. The van der Waals surface area contributed by atoms with E-state index >= 15 is 0 Å². The van der Waals surface area contributed by atoms with Gasteiger partial charge in [-0.1, -0.05) is 89.7 Å². The van der Waals surface area contributed by atoms with Crippen molar-refractivity contribution in [3.8, 4) is 0 Å². The fourth-order valence-corrected chi connectivity index (χ4v) is 4.21. The summed E-state index contributed by atoms with van der Waals surface area (Å²) in [6.07, 6.45) is 15.1. The molecule has 0 aliphatic heterocycles. The first-order valence-electron chi connectivity index (χ1n) is 12.7. The minimum Gasteiger partial charge on any atom is -0.748 e. The first-order valence-corrected chi connectivity index (χ1v) is 14.3. The van der Waals surface area contributed by atoms with Crippen LogP contribution in [0, 0.1) is 0 Å². The summed E-state index contributed by atoms with van der Waals surface area (Å²) >= 11 is 0. The molecule has 194 valence electrons. The Bertz CT molecular complexity index is 812. The topological polar surface area (TPSA) is 110 Å². The molecule has 0 aliphatic carbocycles. The van der Waals surface area contributed by atoms with Gasteiger partial charge in [0.2, 0.25) is 0 Å². The zero-order valence-electron chi connectivity index (χ0n) is 21.6. The molecule has 0 heterocycles. The van der Waals surface area contributed by atoms with E-state index in [1.165, 1.54) is 69.9 Å². The molecule has 0 radical (unpaired) electrons. The van der Waals surface area contributed by atoms with E-state index in [1.807, 2.05) is 0 Å². The van der Waals surface area contributed by atoms with E-state index < -0.39 is 27.8 Å². The van der Waals surface area contributed by atoms with Gasteiger partial charge in [0, 0.05) is 5.75 Å². The number of carbonyl (C=O) groups is 2. The van der Waals surface area contributed by atoms with Crippen LogP contribution < -0.4 is 51.4 Å². The normalized spacial score (nSPS) is 11.0. The van der Waals surface area contributed by atoms with Crippen LogP contribution in [0.2, 0.25) is 0 Å². The molecule has 0 N–H and O–H groups in total. The molecule has 7 nitrogen and oxygen atoms in total. The molecule has 0 unspecified atom stereocenters. The molecule has 0 fully saturated rings. The molecule has 0 saturated carbocycles. The van der Waals surface area contributed by atoms with E-state index in [2.05, 4.69) is 6.92 Å². The van der Waals surface area contributed by atoms with Gasteiger partial charge < -0.3 is 14.0 Å². The summed E-state index contributed by atoms with van der Waals surface area (Å²) in [5.74, 6) is -1.73. The van der Waals surface area contributed by atoms with Crippen molar-refractivity contribution in [2.24, 2.45) is 0 Å². The Morgan fingerprint density at radius 3 is 1.46 bits per heavy atom. The predicted octanol–water partition coefficient (Wildman–Crippen LogP) is 3.03. The van der Waals surface area contributed by atoms with E-state index in [4.69, 9.17) is 9.47 Å². The summed E-state index contributed by atoms with van der Waals surface area (Å²) in [6.45, 7) is 2.51. The summed E-state index contributed by atoms with van der Waals surface area (Å²) in [5.41, 5.74) is 0.257. The van der Waals surface area contributed by atoms with Crippen molar-refractivity contribution in [2.75, 3.05) is 19.0 Å². The third kappa shape index (κ3) is 18.6. The first kappa shape index (κ1) is 34.7. The molecule has 0 aromatic heterocycles. The van der Waals surface area contributed by atoms with Crippen molar-refractivity contribution >= 4 is 22.1 Å². The van der Waals surface area contributed by atoms with E-state index in [9.17, 15) is 22.6 Å². The second kappa shape index (κ2) is 21.8. The maximum atomic E-state index is 12.4. The third-order valence-corrected chi connectivity index (χ3v) is 6.41. The van der Waals surface area contributed by atoms with Crippen molar-refractivity contribution in [3.05, 3.63) is 35.4 Å². The minimum absolute atomic E-state index is 0. The summed E-state index contributed by atoms with van der Waals surface area (Å²) in [6, 6.07) is 6.29. The Labute approximate surface area is 254 Å². The van der Waals surface area contributed by atoms with Crippen molar-refractivity contribution in [1.29, 1.82) is 0 Å². The predicted molar refractivity (Wildman–Crippen MR) is 132 cm³/mol. The smallest absolute Gasteiger partial charge is 0.748 e. The largest absolute Gasteiger partial charge is 1.00 e. The monoisotopic (exact) mass is 536 g/mol. The van der Waals surface area contributed by atoms with Crippen molar-refractivity contribution in [3.63, 3.8) is 0 Å². The van der Waals surface area contributed by atoms with Gasteiger partial charge in [-0.25, -0.2) is 18.0 Å². The number of benzene rings is 1. The molecule has 0 atom stereocenters. The number of ether oxygens (including phenoxy) is 2. The number of rotatable bonds is 20. The molecule has 0 bridgehead atoms. The van der Waals surface area contributed by atoms with Crippen molar-refractivity contribution in [2.45, 2.75) is 96.8 Å². The maximum absolute atomic E-state index is 12.4. The zero-order valence-corrected chi connectivity index (χ0v) is 25.5. The molecule has 0 amide bonds. The SMILES string of the molecule is CCCCCCCCCCCCCCOC(=O)c1ccccc1C(=O)OCCCCS(=O)(=O)[O-].[K+]. The fraction of sp³-hybridized carbons (Fsp3) is 0.692. The van der Waals surface area contributed by atoms with Gasteiger partial charge in [-0.05, 0) is 31.4 Å². The number of hydrogen-bond donors (Lipinski definition) is 0. The number of unbranched alkanes of at least 4 members (excludes halogenated alkanes) is 12. The molecule has 1 aromatic rings. The van der Waals surface area contributed by atoms with Gasteiger partial charge in [0.1, 0.15) is 0 Å². The number of hydrogen-bond acceptors (Lipinski definition) is 7. The second-order valence-corrected chi connectivity index (χ2v) is 10.2. The molecule has 9 heteroatoms. The van der Waals surface area contributed by atoms with Crippen LogP contribution in [0.15, 0.2) is 24.3 Å². The third-order valence-electron chi connectivity index (χ3n) is 5.62. The Hall–Kier alpha value is -0.294. The summed E-state index contributed by atoms with van der Waals surface area (Å²) < 4.78 is 42.2. The molecular weight excluding hydrogens is 495 g/mol. The quantitative estimate of drug-likeness (QED) is 0.109. The molecular formula is C26H41KO7S. The second-order valence-electron chi connectivity index (χ2n) is 8.68. The number of carbonyl (C=O) groups excluding carboxylic acids is 2. The molecule has 0 saturated heterocycles. The van der Waals surface area contributed by atoms with Crippen LogP contribution in [0.4, 0.5) is 0 Å². The number of esters is 2. The average molecular weight is 537 g/mol. The van der Waals surface area contributed by atoms with E-state index in [-0.39, 0.29) is 82.0 Å². The first-order chi connectivity index (χ1) is 16.3. The van der Waals surface area contributed by atoms with Gasteiger partial charge in [0.15, 0.2) is 0 Å². The van der Waals surface area contributed by atoms with E-state index in [0.717, 1.165) is 19.3 Å². The van der Waals surface area contributed by atoms with Gasteiger partial charge in [-0.3, -0.25) is 0 Å². The molecule has 1 rings (SSSR count). The Kier molecular flexibility index (Phi) is 21.6. The van der Waals surface area contributed by atoms with Gasteiger partial charge in [-0.15, -0.1) is 0 Å². The molecule has 1 aromatic carbocycles. The Morgan fingerprint density at radius 2 is 1.06 bits per heavy atom. The fourth-order valence-electron chi connectivity index (χ4n) is 3.65. The summed E-state index contributed by atoms with van der Waals surface area (Å²) in [4.78, 5) is 24.7. The van der Waals surface area contributed by atoms with Crippen LogP contribution in [-0.2, 0) is 19.6 Å². The van der Waals surface area contributed by atoms with Gasteiger partial charge in [0.25, 0.3) is 0 Å². The Balaban J connectivity index is 0.0000116. The van der Waals surface area contributed by atoms with Crippen LogP contribution in [0.3, 0.4) is 0 Å². The van der Waals surface area contributed by atoms with E-state index in [0.29, 0.717) is 6.61 Å². The average Bonchev–Trinajstić information content (AvgIpc) is 2.80. The van der Waals surface area contributed by atoms with Crippen LogP contribution in [0.1, 0.15) is 118 Å². The molecule has 0 spiro atoms. The molecule has 35 heavy (non-hydrogen) atoms. The molecule has 0 aliphatic rings. The van der Waals surface area contributed by atoms with Gasteiger partial charge >= 0.3 is 63.3 Å².